The number of carbonyl (C=O) groups is 1. The molecule has 4 bridgehead atoms. The zero-order chi connectivity index (χ0) is 35.5. The highest BCUT2D eigenvalue weighted by molar-refractivity contribution is 5.84. The maximum atomic E-state index is 14.1. The molecular weight excluding hydrogens is 661 g/mol. The highest BCUT2D eigenvalue weighted by Crippen LogP contribution is 2.63. The number of rotatable bonds is 5. The van der Waals surface area contributed by atoms with E-state index in [2.05, 4.69) is 33.0 Å². The molecule has 12 heteroatoms. The third-order valence-electron chi connectivity index (χ3n) is 14.7. The highest BCUT2D eigenvalue weighted by Gasteiger charge is 2.72. The van der Waals surface area contributed by atoms with E-state index in [1.165, 1.54) is 12.1 Å². The summed E-state index contributed by atoms with van der Waals surface area (Å²) in [5.74, 6) is -0.866. The summed E-state index contributed by atoms with van der Waals surface area (Å²) in [6.07, 6.45) is 4.02. The van der Waals surface area contributed by atoms with Gasteiger partial charge in [0.1, 0.15) is 18.0 Å². The van der Waals surface area contributed by atoms with E-state index in [4.69, 9.17) is 43.2 Å². The first kappa shape index (κ1) is 34.8. The second kappa shape index (κ2) is 12.3. The van der Waals surface area contributed by atoms with Crippen LogP contribution in [-0.4, -0.2) is 59.8 Å². The lowest BCUT2D eigenvalue weighted by molar-refractivity contribution is -0.573. The zero-order valence-corrected chi connectivity index (χ0v) is 30.6. The van der Waals surface area contributed by atoms with Crippen molar-refractivity contribution in [2.45, 2.75) is 153 Å². The fraction of sp³-hybridized carbons (Fsp3) is 0.821. The van der Waals surface area contributed by atoms with Gasteiger partial charge in [-0.05, 0) is 106 Å². The van der Waals surface area contributed by atoms with Crippen molar-refractivity contribution in [1.82, 2.24) is 0 Å². The molecule has 11 nitrogen and oxygen atoms in total. The molecule has 11 rings (SSSR count). The Labute approximate surface area is 299 Å². The number of anilines is 1. The number of fused-ring (bicyclic) bond motifs is 4. The largest absolute Gasteiger partial charge is 0.443 e. The predicted molar refractivity (Wildman–Crippen MR) is 179 cm³/mol. The van der Waals surface area contributed by atoms with E-state index >= 15 is 0 Å². The van der Waals surface area contributed by atoms with Crippen molar-refractivity contribution < 1.29 is 52.4 Å². The van der Waals surface area contributed by atoms with Gasteiger partial charge in [-0.1, -0.05) is 33.8 Å². The van der Waals surface area contributed by atoms with Crippen molar-refractivity contribution in [3.8, 4) is 0 Å². The smallest absolute Gasteiger partial charge is 0.411 e. The van der Waals surface area contributed by atoms with Crippen molar-refractivity contribution in [3.63, 3.8) is 0 Å². The van der Waals surface area contributed by atoms with Crippen LogP contribution < -0.4 is 5.32 Å². The van der Waals surface area contributed by atoms with Gasteiger partial charge in [-0.25, -0.2) is 28.7 Å². The summed E-state index contributed by atoms with van der Waals surface area (Å²) in [6.45, 7) is 12.8. The van der Waals surface area contributed by atoms with Crippen molar-refractivity contribution in [1.29, 1.82) is 0 Å². The van der Waals surface area contributed by atoms with Crippen LogP contribution in [0.1, 0.15) is 99.3 Å². The molecule has 51 heavy (non-hydrogen) atoms. The molecule has 1 aromatic rings. The third-order valence-corrected chi connectivity index (χ3v) is 14.7. The van der Waals surface area contributed by atoms with Gasteiger partial charge in [0.25, 0.3) is 0 Å². The van der Waals surface area contributed by atoms with E-state index in [1.54, 1.807) is 12.1 Å². The monoisotopic (exact) mass is 715 g/mol. The van der Waals surface area contributed by atoms with Crippen LogP contribution in [0.4, 0.5) is 14.9 Å². The molecule has 10 fully saturated rings. The van der Waals surface area contributed by atoms with Crippen molar-refractivity contribution in [3.05, 3.63) is 30.1 Å². The number of hydrogen-bond acceptors (Lipinski definition) is 10. The molecule has 2 spiro atoms. The quantitative estimate of drug-likeness (QED) is 0.306. The molecule has 2 aliphatic carbocycles. The molecule has 282 valence electrons. The van der Waals surface area contributed by atoms with Crippen LogP contribution in [-0.2, 0) is 43.2 Å². The minimum absolute atomic E-state index is 0.0363. The van der Waals surface area contributed by atoms with E-state index in [9.17, 15) is 9.18 Å². The summed E-state index contributed by atoms with van der Waals surface area (Å²) in [7, 11) is 0. The summed E-state index contributed by atoms with van der Waals surface area (Å²) < 4.78 is 47.8. The Hall–Kier alpha value is -1.90. The Morgan fingerprint density at radius 1 is 0.804 bits per heavy atom. The minimum Gasteiger partial charge on any atom is -0.443 e. The summed E-state index contributed by atoms with van der Waals surface area (Å²) in [6, 6.07) is 5.78. The topological polar surface area (TPSA) is 112 Å². The number of benzene rings is 1. The number of amides is 1. The molecule has 17 atom stereocenters. The van der Waals surface area contributed by atoms with Crippen LogP contribution >= 0.6 is 0 Å². The van der Waals surface area contributed by atoms with E-state index in [0.717, 1.165) is 44.9 Å². The molecule has 8 aliphatic heterocycles. The molecule has 0 aromatic heterocycles. The normalized spacial score (nSPS) is 51.7. The summed E-state index contributed by atoms with van der Waals surface area (Å²) in [4.78, 5) is 38.6. The third kappa shape index (κ3) is 5.36. The maximum Gasteiger partial charge on any atom is 0.411 e. The first-order chi connectivity index (χ1) is 24.3. The van der Waals surface area contributed by atoms with Gasteiger partial charge < -0.3 is 23.7 Å². The lowest BCUT2D eigenvalue weighted by Gasteiger charge is -2.62. The molecule has 8 saturated heterocycles. The van der Waals surface area contributed by atoms with Gasteiger partial charge in [-0.2, -0.15) is 0 Å². The summed E-state index contributed by atoms with van der Waals surface area (Å²) in [5.41, 5.74) is -1.15. The molecule has 0 radical (unpaired) electrons. The molecule has 10 aliphatic rings. The average Bonchev–Trinajstić information content (AvgIpc) is 3.46. The number of ether oxygens (including phenoxy) is 5. The summed E-state index contributed by atoms with van der Waals surface area (Å²) >= 11 is 0. The number of carbonyl (C=O) groups excluding carboxylic acids is 1. The average molecular weight is 716 g/mol. The Balaban J connectivity index is 1.05. The first-order valence-corrected chi connectivity index (χ1v) is 19.5. The van der Waals surface area contributed by atoms with Crippen LogP contribution in [0.3, 0.4) is 0 Å². The van der Waals surface area contributed by atoms with Crippen molar-refractivity contribution >= 4 is 11.8 Å². The van der Waals surface area contributed by atoms with Crippen LogP contribution in [0, 0.1) is 53.2 Å². The van der Waals surface area contributed by atoms with E-state index in [1.807, 2.05) is 13.8 Å². The van der Waals surface area contributed by atoms with Crippen LogP contribution in [0.5, 0.6) is 0 Å². The van der Waals surface area contributed by atoms with E-state index < -0.39 is 59.5 Å². The van der Waals surface area contributed by atoms with Gasteiger partial charge in [-0.3, -0.25) is 5.32 Å². The summed E-state index contributed by atoms with van der Waals surface area (Å²) in [5, 5.41) is 2.75. The maximum absolute atomic E-state index is 14.1. The molecule has 2 saturated carbocycles. The SMILES string of the molecule is C[C@H]1[C@@H](C[C@H](OC(=O)Nc2cccc(F)c2)C2O[C@@H]3OC4(C)CC[C@H]5[C@H](C)CC[C@@H]([C@H]2C)[C@@]35OO4)O[C@@H]2OC3(C)CC[C@H]4[C@H](C)CC[C@@H]1[C@@]24OO3. The lowest BCUT2D eigenvalue weighted by atomic mass is 9.56. The Bertz CT molecular complexity index is 1520. The standard InChI is InChI=1S/C39H54FNO10/c1-20-10-12-28-22(3)30(43-33-38(28)26(20)14-16-36(5,46-33)48-50-38)19-31(44-35(42)41-25-9-7-8-24(40)18-25)32-23(4)29-13-11-21(2)27-15-17-37(6)47-34(45-32)39(27,29)51-49-37/h7-9,18,20-23,26-34H,10-17,19H2,1-6H3,(H,41,42)/t20-,21-,22-,23-,26+,27+,28+,29+,30-,31+,32?,33-,34-,36?,37?,38-,39-/m1/s1. The number of hydrogen-bond donors (Lipinski definition) is 1. The number of nitrogens with one attached hydrogen (secondary N) is 1. The first-order valence-electron chi connectivity index (χ1n) is 19.5. The van der Waals surface area contributed by atoms with Crippen molar-refractivity contribution in [2.75, 3.05) is 5.32 Å². The molecule has 3 unspecified atom stereocenters. The second-order valence-electron chi connectivity index (χ2n) is 17.6. The van der Waals surface area contributed by atoms with Crippen LogP contribution in [0.15, 0.2) is 24.3 Å². The van der Waals surface area contributed by atoms with Gasteiger partial charge in [-0.15, -0.1) is 0 Å². The Kier molecular flexibility index (Phi) is 8.41. The van der Waals surface area contributed by atoms with Crippen LogP contribution in [0.25, 0.3) is 0 Å². The Morgan fingerprint density at radius 2 is 1.39 bits per heavy atom. The molecule has 1 aromatic carbocycles. The molecule has 1 N–H and O–H groups in total. The highest BCUT2D eigenvalue weighted by atomic mass is 19.1. The molecular formula is C39H54FNO10. The molecule has 8 heterocycles. The Morgan fingerprint density at radius 3 is 2.00 bits per heavy atom. The van der Waals surface area contributed by atoms with E-state index in [-0.39, 0.29) is 41.6 Å². The second-order valence-corrected chi connectivity index (χ2v) is 17.6. The van der Waals surface area contributed by atoms with Crippen molar-refractivity contribution in [2.24, 2.45) is 47.3 Å². The fourth-order valence-corrected chi connectivity index (χ4v) is 11.9. The molecule has 1 amide bonds. The van der Waals surface area contributed by atoms with Gasteiger partial charge in [0.15, 0.2) is 23.8 Å². The number of halogens is 1. The lowest BCUT2D eigenvalue weighted by Crippen LogP contribution is -2.72. The van der Waals surface area contributed by atoms with Crippen LogP contribution in [0.2, 0.25) is 0 Å². The van der Waals surface area contributed by atoms with Gasteiger partial charge >= 0.3 is 6.09 Å². The minimum atomic E-state index is -0.938. The zero-order valence-electron chi connectivity index (χ0n) is 30.6. The van der Waals surface area contributed by atoms with E-state index in [0.29, 0.717) is 30.4 Å². The van der Waals surface area contributed by atoms with Gasteiger partial charge in [0.2, 0.25) is 11.6 Å². The predicted octanol–water partition coefficient (Wildman–Crippen LogP) is 7.63. The van der Waals surface area contributed by atoms with Gasteiger partial charge in [0, 0.05) is 36.8 Å². The fourth-order valence-electron chi connectivity index (χ4n) is 11.9. The van der Waals surface area contributed by atoms with Gasteiger partial charge in [0.05, 0.1) is 6.10 Å².